The molecule has 2 aromatic carbocycles. The summed E-state index contributed by atoms with van der Waals surface area (Å²) >= 11 is 1.64. The minimum absolute atomic E-state index is 0.198. The molecule has 0 aromatic heterocycles. The Morgan fingerprint density at radius 2 is 1.65 bits per heavy atom. The van der Waals surface area contributed by atoms with E-state index in [9.17, 15) is 4.79 Å². The Balaban J connectivity index is 2.30. The third-order valence-corrected chi connectivity index (χ3v) is 3.56. The normalized spacial score (nSPS) is 10.2. The Morgan fingerprint density at radius 1 is 1.00 bits per heavy atom. The fourth-order valence-electron chi connectivity index (χ4n) is 1.59. The summed E-state index contributed by atoms with van der Waals surface area (Å²) in [6.45, 7) is 1.90. The van der Waals surface area contributed by atoms with E-state index in [2.05, 4.69) is 12.1 Å². The molecule has 2 heteroatoms. The molecule has 0 fully saturated rings. The summed E-state index contributed by atoms with van der Waals surface area (Å²) in [5.74, 6) is 0.198. The highest BCUT2D eigenvalue weighted by Gasteiger charge is 2.09. The Bertz CT molecular complexity index is 505. The molecule has 0 amide bonds. The van der Waals surface area contributed by atoms with Crippen LogP contribution in [0.5, 0.6) is 0 Å². The van der Waals surface area contributed by atoms with Gasteiger partial charge in [0.25, 0.3) is 0 Å². The van der Waals surface area contributed by atoms with Crippen LogP contribution in [0.4, 0.5) is 0 Å². The van der Waals surface area contributed by atoms with Crippen LogP contribution in [0.25, 0.3) is 0 Å². The summed E-state index contributed by atoms with van der Waals surface area (Å²) in [6, 6.07) is 17.9. The van der Waals surface area contributed by atoms with Gasteiger partial charge >= 0.3 is 0 Å². The second-order valence-electron chi connectivity index (χ2n) is 3.69. The van der Waals surface area contributed by atoms with Crippen molar-refractivity contribution >= 4 is 17.5 Å². The first-order chi connectivity index (χ1) is 8.31. The van der Waals surface area contributed by atoms with Crippen molar-refractivity contribution in [1.29, 1.82) is 0 Å². The Labute approximate surface area is 106 Å². The quantitative estimate of drug-likeness (QED) is 0.738. The van der Waals surface area contributed by atoms with E-state index in [1.165, 1.54) is 0 Å². The van der Waals surface area contributed by atoms with Gasteiger partial charge in [0.15, 0.2) is 5.78 Å². The van der Waals surface area contributed by atoms with E-state index in [0.29, 0.717) is 6.42 Å². The molecule has 0 saturated heterocycles. The van der Waals surface area contributed by atoms with E-state index in [0.717, 1.165) is 15.4 Å². The predicted octanol–water partition coefficient (Wildman–Crippen LogP) is 4.43. The first-order valence-electron chi connectivity index (χ1n) is 5.66. The first kappa shape index (κ1) is 11.9. The summed E-state index contributed by atoms with van der Waals surface area (Å²) < 4.78 is 0. The number of hydrogen-bond donors (Lipinski definition) is 0. The van der Waals surface area contributed by atoms with E-state index in [-0.39, 0.29) is 5.78 Å². The average molecular weight is 242 g/mol. The lowest BCUT2D eigenvalue weighted by Gasteiger charge is -2.07. The first-order valence-corrected chi connectivity index (χ1v) is 6.48. The van der Waals surface area contributed by atoms with Crippen LogP contribution in [0, 0.1) is 0 Å². The topological polar surface area (TPSA) is 17.1 Å². The second-order valence-corrected chi connectivity index (χ2v) is 4.80. The van der Waals surface area contributed by atoms with Gasteiger partial charge < -0.3 is 0 Å². The molecule has 0 aliphatic rings. The maximum absolute atomic E-state index is 11.8. The number of ketones is 1. The monoisotopic (exact) mass is 242 g/mol. The lowest BCUT2D eigenvalue weighted by Crippen LogP contribution is -1.98. The van der Waals surface area contributed by atoms with Gasteiger partial charge in [-0.3, -0.25) is 4.79 Å². The van der Waals surface area contributed by atoms with Crippen LogP contribution in [0.15, 0.2) is 64.4 Å². The number of carbonyl (C=O) groups is 1. The highest BCUT2D eigenvalue weighted by Crippen LogP contribution is 2.30. The molecule has 0 spiro atoms. The van der Waals surface area contributed by atoms with Crippen LogP contribution in [-0.4, -0.2) is 5.78 Å². The molecule has 0 heterocycles. The van der Waals surface area contributed by atoms with Crippen molar-refractivity contribution in [2.24, 2.45) is 0 Å². The maximum Gasteiger partial charge on any atom is 0.163 e. The number of benzene rings is 2. The van der Waals surface area contributed by atoms with Crippen LogP contribution in [0.1, 0.15) is 23.7 Å². The van der Waals surface area contributed by atoms with Gasteiger partial charge in [0.1, 0.15) is 0 Å². The van der Waals surface area contributed by atoms with Gasteiger partial charge in [0, 0.05) is 21.8 Å². The summed E-state index contributed by atoms with van der Waals surface area (Å²) in [5.41, 5.74) is 0.823. The molecule has 0 radical (unpaired) electrons. The van der Waals surface area contributed by atoms with Crippen molar-refractivity contribution < 1.29 is 4.79 Å². The standard InChI is InChI=1S/C15H14OS/c1-2-14(16)13-10-6-7-11-15(13)17-12-8-4-3-5-9-12/h3-11H,2H2,1H3. The lowest BCUT2D eigenvalue weighted by molar-refractivity contribution is 0.0985. The van der Waals surface area contributed by atoms with Crippen LogP contribution in [0.2, 0.25) is 0 Å². The van der Waals surface area contributed by atoms with Crippen LogP contribution in [0.3, 0.4) is 0 Å². The third kappa shape index (κ3) is 2.98. The zero-order chi connectivity index (χ0) is 12.1. The molecule has 0 N–H and O–H groups in total. The molecule has 86 valence electrons. The van der Waals surface area contributed by atoms with Gasteiger partial charge in [-0.15, -0.1) is 0 Å². The fraction of sp³-hybridized carbons (Fsp3) is 0.133. The highest BCUT2D eigenvalue weighted by molar-refractivity contribution is 7.99. The summed E-state index contributed by atoms with van der Waals surface area (Å²) in [6.07, 6.45) is 0.548. The van der Waals surface area contributed by atoms with Gasteiger partial charge in [-0.05, 0) is 18.2 Å². The van der Waals surface area contributed by atoms with Crippen molar-refractivity contribution in [3.8, 4) is 0 Å². The minimum atomic E-state index is 0.198. The molecule has 0 saturated carbocycles. The largest absolute Gasteiger partial charge is 0.294 e. The summed E-state index contributed by atoms with van der Waals surface area (Å²) in [7, 11) is 0. The SMILES string of the molecule is CCC(=O)c1ccccc1Sc1ccccc1. The van der Waals surface area contributed by atoms with Gasteiger partial charge in [-0.2, -0.15) is 0 Å². The van der Waals surface area contributed by atoms with Crippen LogP contribution >= 0.6 is 11.8 Å². The maximum atomic E-state index is 11.8. The third-order valence-electron chi connectivity index (χ3n) is 2.48. The predicted molar refractivity (Wildman–Crippen MR) is 71.6 cm³/mol. The number of rotatable bonds is 4. The van der Waals surface area contributed by atoms with Crippen molar-refractivity contribution in [3.63, 3.8) is 0 Å². The fourth-order valence-corrected chi connectivity index (χ4v) is 2.58. The zero-order valence-corrected chi connectivity index (χ0v) is 10.5. The smallest absolute Gasteiger partial charge is 0.163 e. The summed E-state index contributed by atoms with van der Waals surface area (Å²) in [4.78, 5) is 14.0. The molecule has 17 heavy (non-hydrogen) atoms. The lowest BCUT2D eigenvalue weighted by atomic mass is 10.1. The Kier molecular flexibility index (Phi) is 3.99. The second kappa shape index (κ2) is 5.69. The average Bonchev–Trinajstić information content (AvgIpc) is 2.40. The molecule has 0 bridgehead atoms. The van der Waals surface area contributed by atoms with Crippen molar-refractivity contribution in [1.82, 2.24) is 0 Å². The van der Waals surface area contributed by atoms with Crippen LogP contribution < -0.4 is 0 Å². The molecule has 0 aliphatic heterocycles. The van der Waals surface area contributed by atoms with Crippen molar-refractivity contribution in [2.45, 2.75) is 23.1 Å². The molecule has 2 rings (SSSR count). The zero-order valence-electron chi connectivity index (χ0n) is 9.72. The molecular formula is C15H14OS. The Hall–Kier alpha value is -1.54. The number of carbonyl (C=O) groups excluding carboxylic acids is 1. The van der Waals surface area contributed by atoms with E-state index in [1.54, 1.807) is 11.8 Å². The Morgan fingerprint density at radius 3 is 2.35 bits per heavy atom. The van der Waals surface area contributed by atoms with E-state index < -0.39 is 0 Å². The van der Waals surface area contributed by atoms with E-state index >= 15 is 0 Å². The molecule has 0 atom stereocenters. The van der Waals surface area contributed by atoms with E-state index in [1.807, 2.05) is 49.4 Å². The highest BCUT2D eigenvalue weighted by atomic mass is 32.2. The van der Waals surface area contributed by atoms with Crippen LogP contribution in [-0.2, 0) is 0 Å². The van der Waals surface area contributed by atoms with Gasteiger partial charge in [0.2, 0.25) is 0 Å². The van der Waals surface area contributed by atoms with Crippen molar-refractivity contribution in [2.75, 3.05) is 0 Å². The molecular weight excluding hydrogens is 228 g/mol. The molecule has 1 nitrogen and oxygen atoms in total. The molecule has 0 aliphatic carbocycles. The molecule has 2 aromatic rings. The van der Waals surface area contributed by atoms with Gasteiger partial charge in [0.05, 0.1) is 0 Å². The van der Waals surface area contributed by atoms with E-state index in [4.69, 9.17) is 0 Å². The minimum Gasteiger partial charge on any atom is -0.294 e. The summed E-state index contributed by atoms with van der Waals surface area (Å²) in [5, 5.41) is 0. The van der Waals surface area contributed by atoms with Crippen molar-refractivity contribution in [3.05, 3.63) is 60.2 Å². The van der Waals surface area contributed by atoms with Gasteiger partial charge in [-0.25, -0.2) is 0 Å². The number of hydrogen-bond acceptors (Lipinski definition) is 2. The number of Topliss-reactive ketones (excluding diaryl/α,β-unsaturated/α-hetero) is 1. The molecule has 0 unspecified atom stereocenters. The van der Waals surface area contributed by atoms with Gasteiger partial charge in [-0.1, -0.05) is 55.1 Å².